The lowest BCUT2D eigenvalue weighted by Crippen LogP contribution is -2.19. The molecule has 2 heterocycles. The molecule has 0 aliphatic carbocycles. The van der Waals surface area contributed by atoms with Crippen molar-refractivity contribution in [1.82, 2.24) is 4.98 Å². The number of anilines is 3. The average Bonchev–Trinajstić information content (AvgIpc) is 3.11. The van der Waals surface area contributed by atoms with E-state index in [1.54, 1.807) is 49.6 Å². The summed E-state index contributed by atoms with van der Waals surface area (Å²) in [5, 5.41) is 6.17. The van der Waals surface area contributed by atoms with Crippen LogP contribution in [0.5, 0.6) is 5.75 Å². The number of benzene rings is 2. The quantitative estimate of drug-likeness (QED) is 0.380. The molecule has 0 spiro atoms. The maximum Gasteiger partial charge on any atom is 0.323 e. The van der Waals surface area contributed by atoms with Crippen molar-refractivity contribution in [2.24, 2.45) is 5.73 Å². The van der Waals surface area contributed by atoms with E-state index in [-0.39, 0.29) is 10.6 Å². The number of aromatic amines is 1. The number of ether oxygens (including phenoxy) is 1. The van der Waals surface area contributed by atoms with Gasteiger partial charge in [-0.1, -0.05) is 23.5 Å². The molecule has 2 aromatic carbocycles. The highest BCUT2D eigenvalue weighted by atomic mass is 32.1. The van der Waals surface area contributed by atoms with Crippen molar-refractivity contribution >= 4 is 50.6 Å². The van der Waals surface area contributed by atoms with Crippen molar-refractivity contribution in [2.45, 2.75) is 0 Å². The molecule has 156 valence electrons. The molecular formula is C21H19N6O3S+. The maximum atomic E-state index is 12.4. The molecule has 0 saturated carbocycles. The number of nitrogens with two attached hydrogens (primary N) is 2. The molecule has 4 aromatic rings. The van der Waals surface area contributed by atoms with Crippen LogP contribution < -0.4 is 31.8 Å². The number of carbonyl (C=O) groups excluding carboxylic acids is 2. The molecule has 3 amide bonds. The van der Waals surface area contributed by atoms with Gasteiger partial charge in [-0.2, -0.15) is 0 Å². The van der Waals surface area contributed by atoms with Gasteiger partial charge in [0.1, 0.15) is 16.0 Å². The van der Waals surface area contributed by atoms with Gasteiger partial charge >= 0.3 is 6.03 Å². The third-order valence-electron chi connectivity index (χ3n) is 4.54. The summed E-state index contributed by atoms with van der Waals surface area (Å²) in [6.07, 6.45) is 1.52. The number of hydrogen-bond donors (Lipinski definition) is 4. The van der Waals surface area contributed by atoms with Gasteiger partial charge in [-0.25, -0.2) is 9.78 Å². The van der Waals surface area contributed by atoms with Gasteiger partial charge in [0.05, 0.1) is 12.8 Å². The lowest BCUT2D eigenvalue weighted by Gasteiger charge is -2.09. The highest BCUT2D eigenvalue weighted by Crippen LogP contribution is 2.36. The molecule has 9 nitrogen and oxygen atoms in total. The molecule has 0 fully saturated rings. The minimum atomic E-state index is -0.594. The molecule has 0 atom stereocenters. The number of hydrogen-bond acceptors (Lipinski definition) is 6. The monoisotopic (exact) mass is 435 g/mol. The Balaban J connectivity index is 1.60. The molecule has 10 heteroatoms. The van der Waals surface area contributed by atoms with E-state index in [4.69, 9.17) is 16.2 Å². The van der Waals surface area contributed by atoms with Gasteiger partial charge in [-0.3, -0.25) is 4.79 Å². The number of fused-ring (bicyclic) bond motifs is 1. The lowest BCUT2D eigenvalue weighted by molar-refractivity contribution is -0.346. The minimum absolute atomic E-state index is 0.272. The number of urea groups is 1. The highest BCUT2D eigenvalue weighted by molar-refractivity contribution is 7.20. The normalized spacial score (nSPS) is 10.6. The summed E-state index contributed by atoms with van der Waals surface area (Å²) in [5.74, 6) is 0.105. The van der Waals surface area contributed by atoms with Gasteiger partial charge in [0.2, 0.25) is 0 Å². The summed E-state index contributed by atoms with van der Waals surface area (Å²) in [6, 6.07) is 13.8. The predicted molar refractivity (Wildman–Crippen MR) is 120 cm³/mol. The van der Waals surface area contributed by atoms with Crippen LogP contribution in [0.3, 0.4) is 0 Å². The van der Waals surface area contributed by atoms with Crippen LogP contribution in [0.25, 0.3) is 21.5 Å². The number of nitrogens with zero attached hydrogens (tertiary/aromatic N) is 1. The Morgan fingerprint density at radius 1 is 1.10 bits per heavy atom. The zero-order valence-electron chi connectivity index (χ0n) is 16.4. The van der Waals surface area contributed by atoms with Gasteiger partial charge in [0.15, 0.2) is 10.5 Å². The maximum absolute atomic E-state index is 12.4. The van der Waals surface area contributed by atoms with Crippen LogP contribution in [0.15, 0.2) is 54.9 Å². The second kappa shape index (κ2) is 8.28. The Kier molecular flexibility index (Phi) is 5.37. The second-order valence-corrected chi connectivity index (χ2v) is 7.57. The minimum Gasteiger partial charge on any atom is -0.497 e. The second-order valence-electron chi connectivity index (χ2n) is 6.55. The third kappa shape index (κ3) is 4.09. The van der Waals surface area contributed by atoms with E-state index in [9.17, 15) is 9.59 Å². The molecule has 0 bridgehead atoms. The van der Waals surface area contributed by atoms with Gasteiger partial charge in [0, 0.05) is 16.9 Å². The van der Waals surface area contributed by atoms with Crippen LogP contribution in [-0.2, 0) is 0 Å². The number of nitrogens with one attached hydrogen (secondary N) is 3. The van der Waals surface area contributed by atoms with E-state index in [0.717, 1.165) is 5.56 Å². The van der Waals surface area contributed by atoms with Gasteiger partial charge in [0.25, 0.3) is 12.2 Å². The first kappa shape index (κ1) is 20.1. The number of thiophene rings is 1. The average molecular weight is 435 g/mol. The number of H-pyrrole nitrogens is 1. The zero-order chi connectivity index (χ0) is 22.0. The standard InChI is InChI=1S/C21H18N6O3S/c1-30-14-7-5-12(6-8-14)26-21(29)27-13-4-2-3-11(9-13)17-15-16(22)18(19(23)28)31-20(15)25-10-24-17/h2-10H,22H2,1H3,(H2,23,28)(H2,26,27,29)/p+1. The van der Waals surface area contributed by atoms with Crippen LogP contribution in [0, 0.1) is 0 Å². The smallest absolute Gasteiger partial charge is 0.323 e. The molecular weight excluding hydrogens is 416 g/mol. The topological polar surface area (TPSA) is 146 Å². The van der Waals surface area contributed by atoms with Crippen LogP contribution in [0.2, 0.25) is 0 Å². The van der Waals surface area contributed by atoms with Gasteiger partial charge in [-0.15, -0.1) is 0 Å². The number of primary amides is 1. The first-order valence-corrected chi connectivity index (χ1v) is 9.99. The first-order valence-electron chi connectivity index (χ1n) is 9.17. The number of amides is 3. The summed E-state index contributed by atoms with van der Waals surface area (Å²) >= 11 is 1.18. The fourth-order valence-electron chi connectivity index (χ4n) is 3.11. The van der Waals surface area contributed by atoms with Crippen LogP contribution in [-0.4, -0.2) is 24.0 Å². The van der Waals surface area contributed by atoms with Crippen LogP contribution in [0.4, 0.5) is 21.9 Å². The Labute approximate surface area is 181 Å². The van der Waals surface area contributed by atoms with E-state index >= 15 is 0 Å². The largest absolute Gasteiger partial charge is 0.497 e. The van der Waals surface area contributed by atoms with Crippen LogP contribution in [0.1, 0.15) is 9.67 Å². The number of methoxy groups -OCH3 is 1. The van der Waals surface area contributed by atoms with E-state index < -0.39 is 11.9 Å². The highest BCUT2D eigenvalue weighted by Gasteiger charge is 2.23. The van der Waals surface area contributed by atoms with E-state index in [0.29, 0.717) is 33.0 Å². The van der Waals surface area contributed by atoms with Crippen molar-refractivity contribution in [2.75, 3.05) is 23.5 Å². The SMILES string of the molecule is COc1ccc(NC(=O)Nc2cccc(-c3nc[nH+]c4sc(C(N)=O)c(N)c34)c2)cc1. The number of nitrogen functional groups attached to an aromatic ring is 1. The first-order chi connectivity index (χ1) is 15.0. The third-order valence-corrected chi connectivity index (χ3v) is 5.69. The predicted octanol–water partition coefficient (Wildman–Crippen LogP) is 3.11. The molecule has 0 aliphatic heterocycles. The molecule has 31 heavy (non-hydrogen) atoms. The van der Waals surface area contributed by atoms with Crippen molar-refractivity contribution in [3.05, 3.63) is 59.7 Å². The molecule has 2 aromatic heterocycles. The number of rotatable bonds is 5. The summed E-state index contributed by atoms with van der Waals surface area (Å²) < 4.78 is 5.11. The Morgan fingerprint density at radius 3 is 2.55 bits per heavy atom. The van der Waals surface area contributed by atoms with Crippen molar-refractivity contribution in [3.8, 4) is 17.0 Å². The van der Waals surface area contributed by atoms with Gasteiger partial charge < -0.3 is 26.8 Å². The summed E-state index contributed by atoms with van der Waals surface area (Å²) in [5.41, 5.74) is 14.4. The van der Waals surface area contributed by atoms with Crippen LogP contribution >= 0.6 is 11.3 Å². The zero-order valence-corrected chi connectivity index (χ0v) is 17.2. The fourth-order valence-corrected chi connectivity index (χ4v) is 4.05. The Hall–Kier alpha value is -4.18. The summed E-state index contributed by atoms with van der Waals surface area (Å²) in [7, 11) is 1.58. The van der Waals surface area contributed by atoms with Crippen molar-refractivity contribution < 1.29 is 19.3 Å². The number of carbonyl (C=O) groups is 2. The molecule has 0 saturated heterocycles. The number of aromatic nitrogens is 2. The van der Waals surface area contributed by atoms with Gasteiger partial charge in [-0.05, 0) is 41.4 Å². The lowest BCUT2D eigenvalue weighted by atomic mass is 10.1. The summed E-state index contributed by atoms with van der Waals surface area (Å²) in [6.45, 7) is 0. The van der Waals surface area contributed by atoms with Crippen molar-refractivity contribution in [3.63, 3.8) is 0 Å². The van der Waals surface area contributed by atoms with Crippen molar-refractivity contribution in [1.29, 1.82) is 0 Å². The molecule has 0 radical (unpaired) electrons. The molecule has 0 aliphatic rings. The van der Waals surface area contributed by atoms with E-state index in [2.05, 4.69) is 20.6 Å². The fraction of sp³-hybridized carbons (Fsp3) is 0.0476. The molecule has 7 N–H and O–H groups in total. The molecule has 4 rings (SSSR count). The van der Waals surface area contributed by atoms with E-state index in [1.807, 2.05) is 6.07 Å². The molecule has 0 unspecified atom stereocenters. The summed E-state index contributed by atoms with van der Waals surface area (Å²) in [4.78, 5) is 32.4. The van der Waals surface area contributed by atoms with E-state index in [1.165, 1.54) is 17.7 Å². The Bertz CT molecular complexity index is 1290. The Morgan fingerprint density at radius 2 is 1.84 bits per heavy atom.